The maximum Gasteiger partial charge on any atom is 0.317 e. The maximum atomic E-state index is 12.3. The summed E-state index contributed by atoms with van der Waals surface area (Å²) in [5.74, 6) is -0.437. The molecule has 116 valence electrons. The van der Waals surface area contributed by atoms with E-state index in [9.17, 15) is 4.79 Å². The molecule has 0 amide bonds. The first-order valence-electron chi connectivity index (χ1n) is 7.76. The number of rotatable bonds is 5. The predicted molar refractivity (Wildman–Crippen MR) is 96.4 cm³/mol. The highest BCUT2D eigenvalue weighted by atomic mass is 31.1. The molecule has 0 heterocycles. The Morgan fingerprint density at radius 2 is 1.57 bits per heavy atom. The molecule has 0 aliphatic heterocycles. The van der Waals surface area contributed by atoms with Gasteiger partial charge in [0.25, 0.3) is 0 Å². The molecule has 0 fully saturated rings. The summed E-state index contributed by atoms with van der Waals surface area (Å²) in [6.07, 6.45) is 5.99. The largest absolute Gasteiger partial charge is 0.465 e. The van der Waals surface area contributed by atoms with Crippen LogP contribution in [0.2, 0.25) is 0 Å². The molecule has 0 radical (unpaired) electrons. The quantitative estimate of drug-likeness (QED) is 0.619. The van der Waals surface area contributed by atoms with Gasteiger partial charge >= 0.3 is 5.97 Å². The highest BCUT2D eigenvalue weighted by Crippen LogP contribution is 2.49. The smallest absolute Gasteiger partial charge is 0.317 e. The van der Waals surface area contributed by atoms with Gasteiger partial charge in [-0.05, 0) is 30.8 Å². The number of benzene rings is 2. The normalized spacial score (nSPS) is 16.4. The fraction of sp³-hybridized carbons (Fsp3) is 0.150. The molecule has 2 aromatic rings. The van der Waals surface area contributed by atoms with Crippen LogP contribution in [-0.2, 0) is 9.53 Å². The Morgan fingerprint density at radius 1 is 1.00 bits per heavy atom. The number of carbonyl (C=O) groups excluding carboxylic acids is 1. The van der Waals surface area contributed by atoms with Crippen LogP contribution in [0.3, 0.4) is 0 Å². The average molecular weight is 322 g/mol. The molecule has 1 unspecified atom stereocenters. The van der Waals surface area contributed by atoms with Crippen molar-refractivity contribution in [2.75, 3.05) is 6.61 Å². The lowest BCUT2D eigenvalue weighted by Gasteiger charge is -2.24. The summed E-state index contributed by atoms with van der Waals surface area (Å²) in [6.45, 7) is 2.25. The van der Waals surface area contributed by atoms with Crippen molar-refractivity contribution in [1.82, 2.24) is 0 Å². The molecular formula is C20H19O2P. The molecule has 1 aliphatic rings. The molecule has 0 bridgehead atoms. The minimum absolute atomic E-state index is 0.160. The van der Waals surface area contributed by atoms with Crippen molar-refractivity contribution >= 4 is 24.5 Å². The van der Waals surface area contributed by atoms with Gasteiger partial charge in [0.05, 0.1) is 6.61 Å². The Kier molecular flexibility index (Phi) is 5.05. The number of hydrogen-bond donors (Lipinski definition) is 0. The first-order valence-corrected chi connectivity index (χ1v) is 9.10. The zero-order chi connectivity index (χ0) is 16.1. The van der Waals surface area contributed by atoms with E-state index in [-0.39, 0.29) is 11.9 Å². The van der Waals surface area contributed by atoms with E-state index in [2.05, 4.69) is 54.6 Å². The third kappa shape index (κ3) is 3.43. The SMILES string of the molecule is CCOC(=O)C1C=CC=C1P(c1ccccc1)c1ccccc1. The lowest BCUT2D eigenvalue weighted by molar-refractivity contribution is -0.144. The van der Waals surface area contributed by atoms with E-state index in [0.717, 1.165) is 5.31 Å². The number of hydrogen-bond acceptors (Lipinski definition) is 2. The fourth-order valence-electron chi connectivity index (χ4n) is 2.71. The molecule has 0 N–H and O–H groups in total. The zero-order valence-corrected chi connectivity index (χ0v) is 13.9. The molecule has 3 rings (SSSR count). The zero-order valence-electron chi connectivity index (χ0n) is 13.1. The summed E-state index contributed by atoms with van der Waals surface area (Å²) < 4.78 is 5.26. The van der Waals surface area contributed by atoms with Gasteiger partial charge < -0.3 is 4.74 Å². The Hall–Kier alpha value is -2.18. The van der Waals surface area contributed by atoms with E-state index in [1.165, 1.54) is 10.6 Å². The van der Waals surface area contributed by atoms with E-state index in [1.54, 1.807) is 0 Å². The van der Waals surface area contributed by atoms with Crippen molar-refractivity contribution in [3.63, 3.8) is 0 Å². The highest BCUT2D eigenvalue weighted by Gasteiger charge is 2.31. The van der Waals surface area contributed by atoms with Crippen molar-refractivity contribution in [2.24, 2.45) is 5.92 Å². The second-order valence-corrected chi connectivity index (χ2v) is 7.43. The molecule has 1 aliphatic carbocycles. The van der Waals surface area contributed by atoms with E-state index in [0.29, 0.717) is 6.61 Å². The van der Waals surface area contributed by atoms with Gasteiger partial charge in [-0.25, -0.2) is 0 Å². The summed E-state index contributed by atoms with van der Waals surface area (Å²) >= 11 is 0. The maximum absolute atomic E-state index is 12.3. The summed E-state index contributed by atoms with van der Waals surface area (Å²) in [5.41, 5.74) is 0. The van der Waals surface area contributed by atoms with Gasteiger partial charge in [-0.15, -0.1) is 0 Å². The molecule has 0 saturated heterocycles. The number of allylic oxidation sites excluding steroid dienone is 2. The van der Waals surface area contributed by atoms with E-state index in [4.69, 9.17) is 4.74 Å². The molecule has 0 aromatic heterocycles. The predicted octanol–water partition coefficient (Wildman–Crippen LogP) is 3.75. The lowest BCUT2D eigenvalue weighted by Crippen LogP contribution is -2.21. The van der Waals surface area contributed by atoms with Crippen LogP contribution in [0.25, 0.3) is 0 Å². The van der Waals surface area contributed by atoms with Gasteiger partial charge in [0.2, 0.25) is 0 Å². The molecular weight excluding hydrogens is 303 g/mol. The highest BCUT2D eigenvalue weighted by molar-refractivity contribution is 7.76. The van der Waals surface area contributed by atoms with Crippen LogP contribution in [0, 0.1) is 5.92 Å². The van der Waals surface area contributed by atoms with Crippen molar-refractivity contribution in [1.29, 1.82) is 0 Å². The number of ether oxygens (including phenoxy) is 1. The Labute approximate surface area is 138 Å². The van der Waals surface area contributed by atoms with Crippen LogP contribution in [0.5, 0.6) is 0 Å². The van der Waals surface area contributed by atoms with Gasteiger partial charge in [-0.2, -0.15) is 0 Å². The molecule has 0 spiro atoms. The van der Waals surface area contributed by atoms with Crippen molar-refractivity contribution in [3.05, 3.63) is 84.2 Å². The summed E-state index contributed by atoms with van der Waals surface area (Å²) in [4.78, 5) is 12.3. The molecule has 23 heavy (non-hydrogen) atoms. The Balaban J connectivity index is 2.01. The first-order chi connectivity index (χ1) is 11.3. The van der Waals surface area contributed by atoms with Crippen molar-refractivity contribution in [2.45, 2.75) is 6.92 Å². The molecule has 3 heteroatoms. The molecule has 2 nitrogen and oxygen atoms in total. The minimum Gasteiger partial charge on any atom is -0.465 e. The van der Waals surface area contributed by atoms with E-state index < -0.39 is 7.92 Å². The number of carbonyl (C=O) groups is 1. The molecule has 2 aromatic carbocycles. The first kappa shape index (κ1) is 15.7. The standard InChI is InChI=1S/C20H19O2P/c1-2-22-20(21)18-14-9-15-19(18)23(16-10-5-3-6-11-16)17-12-7-4-8-13-17/h3-15,18H,2H2,1H3. The fourth-order valence-corrected chi connectivity index (χ4v) is 5.25. The molecule has 1 atom stereocenters. The van der Waals surface area contributed by atoms with Gasteiger partial charge in [0, 0.05) is 0 Å². The number of esters is 1. The lowest BCUT2D eigenvalue weighted by atomic mass is 10.2. The average Bonchev–Trinajstić information content (AvgIpc) is 3.07. The van der Waals surface area contributed by atoms with Crippen LogP contribution >= 0.6 is 7.92 Å². The van der Waals surface area contributed by atoms with Gasteiger partial charge in [0.1, 0.15) is 5.92 Å². The van der Waals surface area contributed by atoms with Crippen LogP contribution in [0.15, 0.2) is 84.2 Å². The second-order valence-electron chi connectivity index (χ2n) is 5.21. The van der Waals surface area contributed by atoms with E-state index in [1.807, 2.05) is 31.2 Å². The molecule has 0 saturated carbocycles. The van der Waals surface area contributed by atoms with Crippen molar-refractivity contribution in [3.8, 4) is 0 Å². The summed E-state index contributed by atoms with van der Waals surface area (Å²) in [6, 6.07) is 20.8. The minimum atomic E-state index is -0.737. The Bertz CT molecular complexity index is 680. The van der Waals surface area contributed by atoms with Gasteiger partial charge in [0.15, 0.2) is 0 Å². The van der Waals surface area contributed by atoms with Crippen LogP contribution in [0.4, 0.5) is 0 Å². The van der Waals surface area contributed by atoms with Crippen LogP contribution in [0.1, 0.15) is 6.92 Å². The van der Waals surface area contributed by atoms with Gasteiger partial charge in [-0.3, -0.25) is 4.79 Å². The van der Waals surface area contributed by atoms with Crippen LogP contribution < -0.4 is 10.6 Å². The Morgan fingerprint density at radius 3 is 2.09 bits per heavy atom. The third-order valence-electron chi connectivity index (χ3n) is 3.72. The van der Waals surface area contributed by atoms with Crippen LogP contribution in [-0.4, -0.2) is 12.6 Å². The van der Waals surface area contributed by atoms with Crippen molar-refractivity contribution < 1.29 is 9.53 Å². The van der Waals surface area contributed by atoms with Gasteiger partial charge in [-0.1, -0.05) is 78.9 Å². The summed E-state index contributed by atoms with van der Waals surface area (Å²) in [7, 11) is -0.737. The monoisotopic (exact) mass is 322 g/mol. The third-order valence-corrected chi connectivity index (χ3v) is 6.29. The van der Waals surface area contributed by atoms with E-state index >= 15 is 0 Å². The second kappa shape index (κ2) is 7.39. The summed E-state index contributed by atoms with van der Waals surface area (Å²) in [5, 5.41) is 3.63. The topological polar surface area (TPSA) is 26.3 Å².